The fourth-order valence-electron chi connectivity index (χ4n) is 3.15. The van der Waals surface area contributed by atoms with E-state index >= 15 is 0 Å². The molecule has 0 saturated carbocycles. The highest BCUT2D eigenvalue weighted by atomic mass is 35.5. The third-order valence-electron chi connectivity index (χ3n) is 4.77. The van der Waals surface area contributed by atoms with Crippen molar-refractivity contribution in [2.45, 2.75) is 19.5 Å². The van der Waals surface area contributed by atoms with E-state index in [0.29, 0.717) is 34.2 Å². The molecule has 0 saturated heterocycles. The summed E-state index contributed by atoms with van der Waals surface area (Å²) in [6.07, 6.45) is 3.66. The normalized spacial score (nSPS) is 11.4. The van der Waals surface area contributed by atoms with Crippen LogP contribution in [0.25, 0.3) is 11.0 Å². The molecular weight excluding hydrogens is 427 g/mol. The van der Waals surface area contributed by atoms with E-state index in [-0.39, 0.29) is 18.0 Å². The maximum absolute atomic E-state index is 13.1. The van der Waals surface area contributed by atoms with Gasteiger partial charge in [-0.15, -0.1) is 0 Å². The van der Waals surface area contributed by atoms with E-state index in [9.17, 15) is 9.59 Å². The average molecular weight is 451 g/mol. The van der Waals surface area contributed by atoms with Crippen molar-refractivity contribution < 1.29 is 4.79 Å². The first kappa shape index (κ1) is 22.3. The molecule has 0 atom stereocenters. The fourth-order valence-corrected chi connectivity index (χ4v) is 3.47. The van der Waals surface area contributed by atoms with Crippen LogP contribution < -0.4 is 5.56 Å². The van der Waals surface area contributed by atoms with E-state index in [1.165, 1.54) is 21.8 Å². The predicted molar refractivity (Wildman–Crippen MR) is 118 cm³/mol. The van der Waals surface area contributed by atoms with E-state index in [4.69, 9.17) is 23.2 Å². The van der Waals surface area contributed by atoms with Crippen LogP contribution in [0.4, 0.5) is 0 Å². The molecule has 160 valence electrons. The molecule has 0 bridgehead atoms. The Morgan fingerprint density at radius 1 is 1.17 bits per heavy atom. The highest BCUT2D eigenvalue weighted by Crippen LogP contribution is 2.23. The molecule has 0 radical (unpaired) electrons. The SMILES string of the molecule is CN(C)CCCN(Cc1ccc(Cl)c(Cl)c1)C(=O)Cn1cnc2c(cnn2C)c1=O. The second-order valence-electron chi connectivity index (χ2n) is 7.40. The molecule has 2 heterocycles. The minimum absolute atomic E-state index is 0.0973. The van der Waals surface area contributed by atoms with Crippen LogP contribution in [0.1, 0.15) is 12.0 Å². The monoisotopic (exact) mass is 450 g/mol. The molecule has 1 amide bonds. The fraction of sp³-hybridized carbons (Fsp3) is 0.400. The summed E-state index contributed by atoms with van der Waals surface area (Å²) in [6, 6.07) is 5.31. The van der Waals surface area contributed by atoms with Crippen molar-refractivity contribution in [2.24, 2.45) is 7.05 Å². The summed E-state index contributed by atoms with van der Waals surface area (Å²) < 4.78 is 2.85. The zero-order valence-corrected chi connectivity index (χ0v) is 18.7. The Morgan fingerprint density at radius 3 is 2.63 bits per heavy atom. The quantitative estimate of drug-likeness (QED) is 0.526. The van der Waals surface area contributed by atoms with Gasteiger partial charge >= 0.3 is 0 Å². The van der Waals surface area contributed by atoms with Gasteiger partial charge in [0.05, 0.1) is 16.2 Å². The van der Waals surface area contributed by atoms with E-state index in [0.717, 1.165) is 18.5 Å². The number of benzene rings is 1. The van der Waals surface area contributed by atoms with Gasteiger partial charge in [-0.05, 0) is 44.8 Å². The number of carbonyl (C=O) groups excluding carboxylic acids is 1. The Hall–Kier alpha value is -2.42. The molecule has 0 N–H and O–H groups in total. The van der Waals surface area contributed by atoms with Crippen LogP contribution in [0.2, 0.25) is 10.0 Å². The van der Waals surface area contributed by atoms with Gasteiger partial charge in [-0.25, -0.2) is 4.98 Å². The van der Waals surface area contributed by atoms with Gasteiger partial charge in [0.1, 0.15) is 18.3 Å². The van der Waals surface area contributed by atoms with Gasteiger partial charge in [0.15, 0.2) is 5.65 Å². The van der Waals surface area contributed by atoms with Crippen molar-refractivity contribution in [3.05, 3.63) is 56.7 Å². The lowest BCUT2D eigenvalue weighted by molar-refractivity contribution is -0.132. The first-order valence-electron chi connectivity index (χ1n) is 9.50. The van der Waals surface area contributed by atoms with Crippen molar-refractivity contribution in [3.8, 4) is 0 Å². The summed E-state index contributed by atoms with van der Waals surface area (Å²) >= 11 is 12.1. The van der Waals surface area contributed by atoms with Crippen molar-refractivity contribution >= 4 is 40.1 Å². The molecule has 30 heavy (non-hydrogen) atoms. The third kappa shape index (κ3) is 5.19. The molecule has 2 aromatic heterocycles. The maximum atomic E-state index is 13.1. The maximum Gasteiger partial charge on any atom is 0.264 e. The number of aromatic nitrogens is 4. The number of hydrogen-bond donors (Lipinski definition) is 0. The summed E-state index contributed by atoms with van der Waals surface area (Å²) in [5, 5.41) is 5.35. The molecule has 0 fully saturated rings. The van der Waals surface area contributed by atoms with Crippen molar-refractivity contribution in [2.75, 3.05) is 27.2 Å². The van der Waals surface area contributed by atoms with E-state index in [2.05, 4.69) is 15.0 Å². The Bertz CT molecular complexity index is 1110. The number of carbonyl (C=O) groups is 1. The van der Waals surface area contributed by atoms with E-state index in [1.807, 2.05) is 20.2 Å². The summed E-state index contributed by atoms with van der Waals surface area (Å²) in [6.45, 7) is 1.67. The highest BCUT2D eigenvalue weighted by Gasteiger charge is 2.17. The van der Waals surface area contributed by atoms with Crippen LogP contribution in [0, 0.1) is 0 Å². The lowest BCUT2D eigenvalue weighted by Crippen LogP contribution is -2.37. The Balaban J connectivity index is 1.81. The number of nitrogens with zero attached hydrogens (tertiary/aromatic N) is 6. The van der Waals surface area contributed by atoms with Crippen LogP contribution in [0.15, 0.2) is 35.5 Å². The van der Waals surface area contributed by atoms with Gasteiger partial charge < -0.3 is 9.80 Å². The van der Waals surface area contributed by atoms with Crippen molar-refractivity contribution in [1.82, 2.24) is 29.1 Å². The minimum Gasteiger partial charge on any atom is -0.337 e. The van der Waals surface area contributed by atoms with Crippen LogP contribution >= 0.6 is 23.2 Å². The first-order valence-corrected chi connectivity index (χ1v) is 10.3. The Kier molecular flexibility index (Phi) is 7.12. The van der Waals surface area contributed by atoms with Gasteiger partial charge in [-0.1, -0.05) is 29.3 Å². The van der Waals surface area contributed by atoms with E-state index in [1.54, 1.807) is 24.1 Å². The summed E-state index contributed by atoms with van der Waals surface area (Å²) in [5.74, 6) is -0.174. The molecular formula is C20H24Cl2N6O2. The molecule has 3 aromatic rings. The standard InChI is InChI=1S/C20H24Cl2N6O2/c1-25(2)7-4-8-27(11-14-5-6-16(21)17(22)9-14)18(29)12-28-13-23-19-15(20(28)30)10-24-26(19)3/h5-6,9-10,13H,4,7-8,11-12H2,1-3H3. The zero-order valence-electron chi connectivity index (χ0n) is 17.2. The van der Waals surface area contributed by atoms with Gasteiger partial charge in [0.2, 0.25) is 5.91 Å². The van der Waals surface area contributed by atoms with Crippen LogP contribution in [0.5, 0.6) is 0 Å². The van der Waals surface area contributed by atoms with Gasteiger partial charge in [0.25, 0.3) is 5.56 Å². The summed E-state index contributed by atoms with van der Waals surface area (Å²) in [7, 11) is 5.69. The third-order valence-corrected chi connectivity index (χ3v) is 5.51. The van der Waals surface area contributed by atoms with Crippen LogP contribution in [-0.4, -0.2) is 62.2 Å². The second-order valence-corrected chi connectivity index (χ2v) is 8.22. The highest BCUT2D eigenvalue weighted by molar-refractivity contribution is 6.42. The summed E-state index contributed by atoms with van der Waals surface area (Å²) in [5.41, 5.74) is 1.07. The molecule has 8 nitrogen and oxygen atoms in total. The molecule has 3 rings (SSSR count). The predicted octanol–water partition coefficient (Wildman–Crippen LogP) is 2.42. The first-order chi connectivity index (χ1) is 14.3. The molecule has 0 aliphatic rings. The molecule has 1 aromatic carbocycles. The largest absolute Gasteiger partial charge is 0.337 e. The van der Waals surface area contributed by atoms with Crippen molar-refractivity contribution in [1.29, 1.82) is 0 Å². The Labute approximate surface area is 184 Å². The molecule has 10 heteroatoms. The number of halogens is 2. The van der Waals surface area contributed by atoms with Gasteiger partial charge in [0, 0.05) is 20.1 Å². The van der Waals surface area contributed by atoms with Crippen LogP contribution in [0.3, 0.4) is 0 Å². The van der Waals surface area contributed by atoms with Gasteiger partial charge in [-0.2, -0.15) is 5.10 Å². The zero-order chi connectivity index (χ0) is 21.8. The summed E-state index contributed by atoms with van der Waals surface area (Å²) in [4.78, 5) is 33.8. The minimum atomic E-state index is -0.288. The number of aryl methyl sites for hydroxylation is 1. The molecule has 0 aliphatic carbocycles. The second kappa shape index (κ2) is 9.59. The van der Waals surface area contributed by atoms with Crippen LogP contribution in [-0.2, 0) is 24.9 Å². The molecule has 0 unspecified atom stereocenters. The lowest BCUT2D eigenvalue weighted by Gasteiger charge is -2.24. The number of fused-ring (bicyclic) bond motifs is 1. The van der Waals surface area contributed by atoms with Crippen molar-refractivity contribution in [3.63, 3.8) is 0 Å². The number of rotatable bonds is 8. The lowest BCUT2D eigenvalue weighted by atomic mass is 10.2. The Morgan fingerprint density at radius 2 is 1.93 bits per heavy atom. The van der Waals surface area contributed by atoms with Gasteiger partial charge in [-0.3, -0.25) is 18.8 Å². The number of hydrogen-bond acceptors (Lipinski definition) is 5. The smallest absolute Gasteiger partial charge is 0.264 e. The number of amides is 1. The van der Waals surface area contributed by atoms with E-state index < -0.39 is 0 Å². The molecule has 0 spiro atoms. The molecule has 0 aliphatic heterocycles. The topological polar surface area (TPSA) is 76.3 Å². The average Bonchev–Trinajstić information content (AvgIpc) is 3.07.